The second-order valence-corrected chi connectivity index (χ2v) is 10.0. The van der Waals surface area contributed by atoms with Crippen LogP contribution in [0, 0.1) is 0 Å². The number of anilines is 1. The Balaban J connectivity index is 1.46. The molecule has 8 nitrogen and oxygen atoms in total. The van der Waals surface area contributed by atoms with Gasteiger partial charge in [0.1, 0.15) is 17.2 Å². The summed E-state index contributed by atoms with van der Waals surface area (Å²) in [6.45, 7) is 2.46. The Morgan fingerprint density at radius 3 is 2.71 bits per heavy atom. The Morgan fingerprint density at radius 1 is 1.06 bits per heavy atom. The summed E-state index contributed by atoms with van der Waals surface area (Å²) in [7, 11) is -3.05. The van der Waals surface area contributed by atoms with Crippen LogP contribution < -0.4 is 4.90 Å². The van der Waals surface area contributed by atoms with Crippen LogP contribution >= 0.6 is 0 Å². The summed E-state index contributed by atoms with van der Waals surface area (Å²) in [5.41, 5.74) is -0.0788. The lowest BCUT2D eigenvalue weighted by Gasteiger charge is -2.44. The van der Waals surface area contributed by atoms with E-state index in [0.717, 1.165) is 18.8 Å². The monoisotopic (exact) mass is 452 g/mol. The van der Waals surface area contributed by atoms with Crippen LogP contribution in [0.25, 0.3) is 17.2 Å². The summed E-state index contributed by atoms with van der Waals surface area (Å²) in [4.78, 5) is 17.1. The minimum Gasteiger partial charge on any atom is -0.354 e. The highest BCUT2D eigenvalue weighted by Gasteiger charge is 2.36. The van der Waals surface area contributed by atoms with E-state index in [9.17, 15) is 21.6 Å². The topological polar surface area (TPSA) is 83.7 Å². The van der Waals surface area contributed by atoms with Crippen LogP contribution in [0.4, 0.5) is 19.0 Å². The van der Waals surface area contributed by atoms with Crippen LogP contribution in [0.1, 0.15) is 5.56 Å². The predicted octanol–water partition coefficient (Wildman–Crippen LogP) is 1.73. The third-order valence-electron chi connectivity index (χ3n) is 5.77. The largest absolute Gasteiger partial charge is 0.417 e. The molecule has 0 spiro atoms. The maximum Gasteiger partial charge on any atom is 0.417 e. The molecule has 0 N–H and O–H groups in total. The number of aromatic nitrogens is 4. The summed E-state index contributed by atoms with van der Waals surface area (Å²) in [6.07, 6.45) is -0.493. The molecule has 1 atom stereocenters. The molecule has 5 heterocycles. The van der Waals surface area contributed by atoms with Gasteiger partial charge >= 0.3 is 6.18 Å². The molecule has 2 aliphatic heterocycles. The zero-order valence-corrected chi connectivity index (χ0v) is 17.1. The van der Waals surface area contributed by atoms with E-state index in [1.54, 1.807) is 12.3 Å². The van der Waals surface area contributed by atoms with Gasteiger partial charge in [-0.05, 0) is 18.2 Å². The molecular formula is C19H19F3N6O2S. The fraction of sp³-hybridized carbons (Fsp3) is 0.421. The fourth-order valence-electron chi connectivity index (χ4n) is 4.15. The zero-order chi connectivity index (χ0) is 21.8. The van der Waals surface area contributed by atoms with Gasteiger partial charge in [0.15, 0.2) is 15.7 Å². The molecule has 5 rings (SSSR count). The summed E-state index contributed by atoms with van der Waals surface area (Å²) in [5.74, 6) is 1.17. The number of sulfone groups is 1. The molecule has 2 fully saturated rings. The van der Waals surface area contributed by atoms with Gasteiger partial charge in [-0.15, -0.1) is 0 Å². The number of imidazole rings is 1. The lowest BCUT2D eigenvalue weighted by atomic mass is 10.2. The van der Waals surface area contributed by atoms with Crippen molar-refractivity contribution in [2.24, 2.45) is 0 Å². The van der Waals surface area contributed by atoms with Gasteiger partial charge in [0.2, 0.25) is 0 Å². The molecule has 12 heteroatoms. The summed E-state index contributed by atoms with van der Waals surface area (Å²) >= 11 is 0. The second kappa shape index (κ2) is 7.16. The molecule has 2 saturated heterocycles. The van der Waals surface area contributed by atoms with E-state index in [1.165, 1.54) is 16.7 Å². The van der Waals surface area contributed by atoms with E-state index in [4.69, 9.17) is 0 Å². The van der Waals surface area contributed by atoms with Crippen molar-refractivity contribution in [2.75, 3.05) is 42.6 Å². The highest BCUT2D eigenvalue weighted by Crippen LogP contribution is 2.30. The SMILES string of the molecule is O=S1(=O)CCN2CCN(c3ccnc(-c4cnc5ccc(C(F)(F)F)cn45)n3)CC2C1. The molecule has 0 saturated carbocycles. The van der Waals surface area contributed by atoms with Crippen molar-refractivity contribution in [1.82, 2.24) is 24.3 Å². The van der Waals surface area contributed by atoms with Crippen LogP contribution in [-0.2, 0) is 16.0 Å². The second-order valence-electron chi connectivity index (χ2n) is 7.78. The Bertz CT molecular complexity index is 1240. The first kappa shape index (κ1) is 20.2. The number of hydrogen-bond donors (Lipinski definition) is 0. The van der Waals surface area contributed by atoms with Gasteiger partial charge in [0, 0.05) is 44.6 Å². The highest BCUT2D eigenvalue weighted by atomic mass is 32.2. The van der Waals surface area contributed by atoms with Crippen molar-refractivity contribution in [3.05, 3.63) is 42.4 Å². The van der Waals surface area contributed by atoms with E-state index in [-0.39, 0.29) is 23.4 Å². The average Bonchev–Trinajstić information content (AvgIpc) is 3.15. The van der Waals surface area contributed by atoms with Crippen LogP contribution in [0.2, 0.25) is 0 Å². The number of rotatable bonds is 2. The quantitative estimate of drug-likeness (QED) is 0.586. The lowest BCUT2D eigenvalue weighted by Crippen LogP contribution is -2.59. The molecule has 0 radical (unpaired) electrons. The van der Waals surface area contributed by atoms with Crippen molar-refractivity contribution in [1.29, 1.82) is 0 Å². The van der Waals surface area contributed by atoms with Gasteiger partial charge in [-0.3, -0.25) is 9.30 Å². The van der Waals surface area contributed by atoms with Gasteiger partial charge in [0.25, 0.3) is 0 Å². The number of alkyl halides is 3. The van der Waals surface area contributed by atoms with E-state index >= 15 is 0 Å². The Labute approximate surface area is 176 Å². The molecular weight excluding hydrogens is 433 g/mol. The Kier molecular flexibility index (Phi) is 4.66. The number of halogens is 3. The van der Waals surface area contributed by atoms with Crippen LogP contribution in [0.15, 0.2) is 36.8 Å². The van der Waals surface area contributed by atoms with Crippen molar-refractivity contribution in [3.63, 3.8) is 0 Å². The fourth-order valence-corrected chi connectivity index (χ4v) is 5.73. The minimum atomic E-state index is -4.47. The van der Waals surface area contributed by atoms with Crippen LogP contribution in [-0.4, -0.2) is 76.4 Å². The first-order valence-corrected chi connectivity index (χ1v) is 11.6. The molecule has 31 heavy (non-hydrogen) atoms. The normalized spacial score (nSPS) is 21.9. The maximum atomic E-state index is 13.1. The maximum absolute atomic E-state index is 13.1. The van der Waals surface area contributed by atoms with Crippen LogP contribution in [0.3, 0.4) is 0 Å². The van der Waals surface area contributed by atoms with Crippen LogP contribution in [0.5, 0.6) is 0 Å². The number of piperazine rings is 1. The minimum absolute atomic E-state index is 0.101. The number of nitrogens with zero attached hydrogens (tertiary/aromatic N) is 6. The van der Waals surface area contributed by atoms with Crippen molar-refractivity contribution >= 4 is 21.3 Å². The van der Waals surface area contributed by atoms with Gasteiger partial charge in [-0.25, -0.2) is 23.4 Å². The van der Waals surface area contributed by atoms with Gasteiger partial charge in [0.05, 0.1) is 23.3 Å². The highest BCUT2D eigenvalue weighted by molar-refractivity contribution is 7.91. The van der Waals surface area contributed by atoms with Crippen molar-refractivity contribution in [3.8, 4) is 11.5 Å². The van der Waals surface area contributed by atoms with Gasteiger partial charge < -0.3 is 4.90 Å². The van der Waals surface area contributed by atoms with Gasteiger partial charge in [-0.2, -0.15) is 13.2 Å². The molecule has 164 valence electrons. The summed E-state index contributed by atoms with van der Waals surface area (Å²) < 4.78 is 64.8. The molecule has 0 bridgehead atoms. The third-order valence-corrected chi connectivity index (χ3v) is 7.46. The average molecular weight is 452 g/mol. The number of fused-ring (bicyclic) bond motifs is 2. The zero-order valence-electron chi connectivity index (χ0n) is 16.3. The molecule has 1 unspecified atom stereocenters. The molecule has 2 aliphatic rings. The number of hydrogen-bond acceptors (Lipinski definition) is 7. The molecule has 0 aliphatic carbocycles. The van der Waals surface area contributed by atoms with E-state index in [2.05, 4.69) is 19.9 Å². The van der Waals surface area contributed by atoms with Crippen molar-refractivity contribution < 1.29 is 21.6 Å². The molecule has 3 aromatic heterocycles. The first-order chi connectivity index (χ1) is 14.7. The molecule has 0 amide bonds. The van der Waals surface area contributed by atoms with E-state index in [0.29, 0.717) is 36.8 Å². The van der Waals surface area contributed by atoms with E-state index in [1.807, 2.05) is 4.90 Å². The standard InChI is InChI=1S/C19H19F3N6O2S/c20-19(21,22)13-1-2-16-24-9-15(28(16)10-13)18-23-4-3-17(25-18)27-6-5-26-7-8-31(29,30)12-14(26)11-27/h1-4,9-10,14H,5-8,11-12H2. The Morgan fingerprint density at radius 2 is 1.90 bits per heavy atom. The summed E-state index contributed by atoms with van der Waals surface area (Å²) in [6, 6.07) is 3.91. The summed E-state index contributed by atoms with van der Waals surface area (Å²) in [5, 5.41) is 0. The molecule has 0 aromatic carbocycles. The van der Waals surface area contributed by atoms with E-state index < -0.39 is 21.6 Å². The first-order valence-electron chi connectivity index (χ1n) is 9.77. The predicted molar refractivity (Wildman–Crippen MR) is 107 cm³/mol. The van der Waals surface area contributed by atoms with Gasteiger partial charge in [-0.1, -0.05) is 0 Å². The smallest absolute Gasteiger partial charge is 0.354 e. The molecule has 3 aromatic rings. The van der Waals surface area contributed by atoms with Crippen molar-refractivity contribution in [2.45, 2.75) is 12.2 Å². The Hall–Kier alpha value is -2.73. The lowest BCUT2D eigenvalue weighted by molar-refractivity contribution is -0.137. The number of pyridine rings is 1. The third kappa shape index (κ3) is 3.85.